The first-order valence-corrected chi connectivity index (χ1v) is 7.32. The minimum Gasteiger partial charge on any atom is -0.482 e. The van der Waals surface area contributed by atoms with Crippen molar-refractivity contribution in [2.75, 3.05) is 11.9 Å². The van der Waals surface area contributed by atoms with Crippen LogP contribution in [0.25, 0.3) is 0 Å². The number of aldehydes is 1. The molecule has 0 spiro atoms. The molecule has 0 unspecified atom stereocenters. The third kappa shape index (κ3) is 5.24. The van der Waals surface area contributed by atoms with Gasteiger partial charge in [-0.25, -0.2) is 4.79 Å². The zero-order valence-electron chi connectivity index (χ0n) is 13.1. The van der Waals surface area contributed by atoms with Crippen molar-refractivity contribution in [2.24, 2.45) is 0 Å². The summed E-state index contributed by atoms with van der Waals surface area (Å²) >= 11 is 0. The summed E-state index contributed by atoms with van der Waals surface area (Å²) in [7, 11) is 0. The largest absolute Gasteiger partial charge is 0.482 e. The summed E-state index contributed by atoms with van der Waals surface area (Å²) in [5.74, 6) is -0.658. The van der Waals surface area contributed by atoms with Crippen LogP contribution in [-0.2, 0) is 14.3 Å². The number of carbonyl (C=O) groups excluding carboxylic acids is 3. The van der Waals surface area contributed by atoms with Crippen LogP contribution in [0.1, 0.15) is 17.3 Å². The average molecular weight is 327 g/mol. The first kappa shape index (κ1) is 17.2. The topological polar surface area (TPSA) is 81.7 Å². The molecule has 0 radical (unpaired) electrons. The first-order valence-electron chi connectivity index (χ1n) is 7.32. The lowest BCUT2D eigenvalue weighted by atomic mass is 10.2. The molecular formula is C18H17NO5. The van der Waals surface area contributed by atoms with E-state index in [1.54, 1.807) is 48.5 Å². The van der Waals surface area contributed by atoms with Gasteiger partial charge in [0.2, 0.25) is 0 Å². The number of para-hydroxylation sites is 1. The number of carbonyl (C=O) groups is 3. The molecule has 0 saturated heterocycles. The zero-order valence-corrected chi connectivity index (χ0v) is 13.1. The third-order valence-electron chi connectivity index (χ3n) is 3.09. The second kappa shape index (κ2) is 8.47. The van der Waals surface area contributed by atoms with Crippen LogP contribution in [0.2, 0.25) is 0 Å². The highest BCUT2D eigenvalue weighted by Gasteiger charge is 2.18. The molecule has 0 heterocycles. The van der Waals surface area contributed by atoms with E-state index in [2.05, 4.69) is 5.32 Å². The Labute approximate surface area is 139 Å². The number of nitrogens with one attached hydrogen (secondary N) is 1. The van der Waals surface area contributed by atoms with E-state index in [9.17, 15) is 14.4 Å². The number of hydrogen-bond donors (Lipinski definition) is 1. The average Bonchev–Trinajstić information content (AvgIpc) is 2.61. The lowest BCUT2D eigenvalue weighted by molar-refractivity contribution is -0.155. The lowest BCUT2D eigenvalue weighted by Gasteiger charge is -2.14. The molecule has 2 rings (SSSR count). The minimum absolute atomic E-state index is 0.330. The standard InChI is InChI=1S/C18H17NO5/c1-13(18(22)19-15-5-3-2-4-6-15)24-17(21)12-23-16-9-7-14(11-20)8-10-16/h2-11,13H,12H2,1H3,(H,19,22)/t13-/m0/s1. The van der Waals surface area contributed by atoms with Gasteiger partial charge >= 0.3 is 5.97 Å². The Kier molecular flexibility index (Phi) is 6.08. The summed E-state index contributed by atoms with van der Waals surface area (Å²) in [5, 5.41) is 2.64. The summed E-state index contributed by atoms with van der Waals surface area (Å²) in [6.07, 6.45) is -0.232. The van der Waals surface area contributed by atoms with Gasteiger partial charge in [-0.3, -0.25) is 9.59 Å². The Morgan fingerprint density at radius 2 is 1.75 bits per heavy atom. The molecule has 1 N–H and O–H groups in total. The van der Waals surface area contributed by atoms with Crippen LogP contribution >= 0.6 is 0 Å². The molecule has 0 aliphatic rings. The number of rotatable bonds is 7. The molecule has 1 atom stereocenters. The van der Waals surface area contributed by atoms with E-state index in [4.69, 9.17) is 9.47 Å². The molecule has 24 heavy (non-hydrogen) atoms. The first-order chi connectivity index (χ1) is 11.6. The highest BCUT2D eigenvalue weighted by molar-refractivity contribution is 5.95. The molecule has 0 saturated carbocycles. The molecule has 2 aromatic carbocycles. The maximum atomic E-state index is 11.9. The van der Waals surface area contributed by atoms with E-state index in [0.717, 1.165) is 0 Å². The fourth-order valence-corrected chi connectivity index (χ4v) is 1.83. The number of anilines is 1. The quantitative estimate of drug-likeness (QED) is 0.624. The van der Waals surface area contributed by atoms with Gasteiger partial charge in [0.1, 0.15) is 12.0 Å². The fourth-order valence-electron chi connectivity index (χ4n) is 1.83. The van der Waals surface area contributed by atoms with E-state index >= 15 is 0 Å². The molecule has 2 aromatic rings. The second-order valence-corrected chi connectivity index (χ2v) is 4.96. The van der Waals surface area contributed by atoms with Crippen LogP contribution in [0, 0.1) is 0 Å². The van der Waals surface area contributed by atoms with Gasteiger partial charge in [0.15, 0.2) is 12.7 Å². The van der Waals surface area contributed by atoms with E-state index in [1.165, 1.54) is 6.92 Å². The van der Waals surface area contributed by atoms with Gasteiger partial charge in [-0.2, -0.15) is 0 Å². The van der Waals surface area contributed by atoms with Gasteiger partial charge in [-0.05, 0) is 43.3 Å². The smallest absolute Gasteiger partial charge is 0.344 e. The van der Waals surface area contributed by atoms with Crippen molar-refractivity contribution < 1.29 is 23.9 Å². The number of ether oxygens (including phenoxy) is 2. The molecule has 0 fully saturated rings. The van der Waals surface area contributed by atoms with Gasteiger partial charge < -0.3 is 14.8 Å². The van der Waals surface area contributed by atoms with Crippen molar-refractivity contribution in [3.63, 3.8) is 0 Å². The van der Waals surface area contributed by atoms with E-state index in [0.29, 0.717) is 23.3 Å². The Morgan fingerprint density at radius 3 is 2.38 bits per heavy atom. The Hall–Kier alpha value is -3.15. The van der Waals surface area contributed by atoms with Crippen molar-refractivity contribution in [2.45, 2.75) is 13.0 Å². The monoisotopic (exact) mass is 327 g/mol. The predicted molar refractivity (Wildman–Crippen MR) is 88.0 cm³/mol. The van der Waals surface area contributed by atoms with E-state index < -0.39 is 18.0 Å². The van der Waals surface area contributed by atoms with Gasteiger partial charge in [0.25, 0.3) is 5.91 Å². The van der Waals surface area contributed by atoms with Crippen LogP contribution in [0.15, 0.2) is 54.6 Å². The lowest BCUT2D eigenvalue weighted by Crippen LogP contribution is -2.31. The Bertz CT molecular complexity index is 697. The Balaban J connectivity index is 1.78. The molecule has 124 valence electrons. The van der Waals surface area contributed by atoms with Crippen molar-refractivity contribution in [1.29, 1.82) is 0 Å². The summed E-state index contributed by atoms with van der Waals surface area (Å²) in [5.41, 5.74) is 1.13. The van der Waals surface area contributed by atoms with Crippen LogP contribution in [0.5, 0.6) is 5.75 Å². The summed E-state index contributed by atoms with van der Waals surface area (Å²) in [6.45, 7) is 1.15. The molecule has 6 heteroatoms. The van der Waals surface area contributed by atoms with Crippen LogP contribution in [-0.4, -0.2) is 30.9 Å². The van der Waals surface area contributed by atoms with Crippen molar-refractivity contribution in [3.05, 3.63) is 60.2 Å². The number of esters is 1. The van der Waals surface area contributed by atoms with Crippen molar-refractivity contribution in [3.8, 4) is 5.75 Å². The molecule has 0 aromatic heterocycles. The van der Waals surface area contributed by atoms with E-state index in [-0.39, 0.29) is 6.61 Å². The maximum Gasteiger partial charge on any atom is 0.344 e. The number of benzene rings is 2. The third-order valence-corrected chi connectivity index (χ3v) is 3.09. The van der Waals surface area contributed by atoms with Crippen molar-refractivity contribution in [1.82, 2.24) is 0 Å². The van der Waals surface area contributed by atoms with Crippen LogP contribution < -0.4 is 10.1 Å². The van der Waals surface area contributed by atoms with Crippen LogP contribution in [0.4, 0.5) is 5.69 Å². The second-order valence-electron chi connectivity index (χ2n) is 4.96. The predicted octanol–water partition coefficient (Wildman–Crippen LogP) is 2.45. The fraction of sp³-hybridized carbons (Fsp3) is 0.167. The molecule has 6 nitrogen and oxygen atoms in total. The minimum atomic E-state index is -0.946. The molecular weight excluding hydrogens is 310 g/mol. The van der Waals surface area contributed by atoms with Crippen LogP contribution in [0.3, 0.4) is 0 Å². The molecule has 1 amide bonds. The van der Waals surface area contributed by atoms with Gasteiger partial charge in [0.05, 0.1) is 0 Å². The van der Waals surface area contributed by atoms with Gasteiger partial charge in [0, 0.05) is 11.3 Å². The summed E-state index contributed by atoms with van der Waals surface area (Å²) in [4.78, 5) is 34.2. The van der Waals surface area contributed by atoms with Crippen molar-refractivity contribution >= 4 is 23.9 Å². The molecule has 0 bridgehead atoms. The Morgan fingerprint density at radius 1 is 1.08 bits per heavy atom. The normalized spacial score (nSPS) is 11.2. The molecule has 0 aliphatic heterocycles. The number of hydrogen-bond acceptors (Lipinski definition) is 5. The van der Waals surface area contributed by atoms with Gasteiger partial charge in [-0.15, -0.1) is 0 Å². The SMILES string of the molecule is C[C@H](OC(=O)COc1ccc(C=O)cc1)C(=O)Nc1ccccc1. The van der Waals surface area contributed by atoms with Gasteiger partial charge in [-0.1, -0.05) is 18.2 Å². The van der Waals surface area contributed by atoms with E-state index in [1.807, 2.05) is 6.07 Å². The molecule has 0 aliphatic carbocycles. The zero-order chi connectivity index (χ0) is 17.4. The highest BCUT2D eigenvalue weighted by Crippen LogP contribution is 2.11. The summed E-state index contributed by atoms with van der Waals surface area (Å²) < 4.78 is 10.3. The number of amides is 1. The maximum absolute atomic E-state index is 11.9. The summed E-state index contributed by atoms with van der Waals surface area (Å²) in [6, 6.07) is 15.2. The highest BCUT2D eigenvalue weighted by atomic mass is 16.6.